The fraction of sp³-hybridized carbons (Fsp3) is 0.533. The summed E-state index contributed by atoms with van der Waals surface area (Å²) in [5.41, 5.74) is 0.958. The summed E-state index contributed by atoms with van der Waals surface area (Å²) >= 11 is 0. The Morgan fingerprint density at radius 1 is 1.22 bits per heavy atom. The number of amides is 1. The summed E-state index contributed by atoms with van der Waals surface area (Å²) in [4.78, 5) is 14.2. The minimum atomic E-state index is -3.65. The number of benzene rings is 1. The van der Waals surface area contributed by atoms with Crippen molar-refractivity contribution in [2.24, 2.45) is 5.14 Å². The molecule has 0 bridgehead atoms. The van der Waals surface area contributed by atoms with Gasteiger partial charge in [-0.25, -0.2) is 13.6 Å². The molecule has 0 atom stereocenters. The van der Waals surface area contributed by atoms with Crippen molar-refractivity contribution in [3.8, 4) is 0 Å². The number of nitrogens with zero attached hydrogens (tertiary/aromatic N) is 1. The third kappa shape index (κ3) is 6.26. The number of sulfonamides is 1. The molecule has 1 aliphatic rings. The van der Waals surface area contributed by atoms with Crippen LogP contribution in [0.3, 0.4) is 0 Å². The first-order valence-corrected chi connectivity index (χ1v) is 9.31. The lowest BCUT2D eigenvalue weighted by molar-refractivity contribution is -0.121. The van der Waals surface area contributed by atoms with Gasteiger partial charge in [0.15, 0.2) is 0 Å². The molecular formula is C15H24N4O3S. The summed E-state index contributed by atoms with van der Waals surface area (Å²) < 4.78 is 22.3. The van der Waals surface area contributed by atoms with Crippen molar-refractivity contribution >= 4 is 15.9 Å². The predicted octanol–water partition coefficient (Wildman–Crippen LogP) is -0.712. The maximum Gasteiger partial charge on any atom is 0.238 e. The monoisotopic (exact) mass is 340 g/mol. The molecule has 2 rings (SSSR count). The zero-order valence-corrected chi connectivity index (χ0v) is 13.9. The predicted molar refractivity (Wildman–Crippen MR) is 88.5 cm³/mol. The van der Waals surface area contributed by atoms with Crippen LogP contribution in [0.5, 0.6) is 0 Å². The fourth-order valence-electron chi connectivity index (χ4n) is 2.47. The van der Waals surface area contributed by atoms with Gasteiger partial charge in [-0.15, -0.1) is 0 Å². The Bertz CT molecular complexity index is 610. The van der Waals surface area contributed by atoms with Gasteiger partial charge in [-0.3, -0.25) is 4.79 Å². The molecular weight excluding hydrogens is 316 g/mol. The van der Waals surface area contributed by atoms with Crippen LogP contribution in [-0.2, 0) is 21.2 Å². The summed E-state index contributed by atoms with van der Waals surface area (Å²) in [7, 11) is -3.65. The summed E-state index contributed by atoms with van der Waals surface area (Å²) in [6, 6.07) is 6.40. The van der Waals surface area contributed by atoms with Gasteiger partial charge < -0.3 is 15.5 Å². The molecule has 0 saturated carbocycles. The summed E-state index contributed by atoms with van der Waals surface area (Å²) in [6.45, 7) is 5.27. The van der Waals surface area contributed by atoms with E-state index >= 15 is 0 Å². The highest BCUT2D eigenvalue weighted by Crippen LogP contribution is 2.08. The average Bonchev–Trinajstić information content (AvgIpc) is 2.53. The van der Waals surface area contributed by atoms with Gasteiger partial charge in [-0.1, -0.05) is 12.1 Å². The molecule has 0 aromatic heterocycles. The van der Waals surface area contributed by atoms with Crippen molar-refractivity contribution in [3.05, 3.63) is 29.8 Å². The van der Waals surface area contributed by atoms with Gasteiger partial charge >= 0.3 is 0 Å². The van der Waals surface area contributed by atoms with Gasteiger partial charge in [0.2, 0.25) is 15.9 Å². The lowest BCUT2D eigenvalue weighted by Gasteiger charge is -2.26. The molecule has 0 unspecified atom stereocenters. The number of rotatable bonds is 7. The quantitative estimate of drug-likeness (QED) is 0.608. The van der Waals surface area contributed by atoms with Gasteiger partial charge in [0.05, 0.1) is 4.90 Å². The molecule has 4 N–H and O–H groups in total. The highest BCUT2D eigenvalue weighted by Gasteiger charge is 2.11. The van der Waals surface area contributed by atoms with Crippen LogP contribution in [0.2, 0.25) is 0 Å². The minimum Gasteiger partial charge on any atom is -0.356 e. The van der Waals surface area contributed by atoms with Crippen molar-refractivity contribution in [2.75, 3.05) is 39.3 Å². The van der Waals surface area contributed by atoms with Crippen molar-refractivity contribution in [2.45, 2.75) is 17.7 Å². The van der Waals surface area contributed by atoms with Crippen LogP contribution >= 0.6 is 0 Å². The molecule has 0 radical (unpaired) electrons. The Balaban J connectivity index is 1.66. The zero-order chi connectivity index (χ0) is 16.7. The van der Waals surface area contributed by atoms with Crippen molar-refractivity contribution in [1.29, 1.82) is 0 Å². The molecule has 1 aliphatic heterocycles. The Morgan fingerprint density at radius 2 is 1.87 bits per heavy atom. The first-order valence-electron chi connectivity index (χ1n) is 7.77. The van der Waals surface area contributed by atoms with Crippen molar-refractivity contribution in [1.82, 2.24) is 15.5 Å². The Labute approximate surface area is 137 Å². The number of primary sulfonamides is 1. The molecule has 1 heterocycles. The first kappa shape index (κ1) is 17.9. The van der Waals surface area contributed by atoms with Crippen LogP contribution in [-0.4, -0.2) is 58.5 Å². The van der Waals surface area contributed by atoms with E-state index in [0.29, 0.717) is 19.4 Å². The second-order valence-corrected chi connectivity index (χ2v) is 7.19. The number of carbonyl (C=O) groups is 1. The van der Waals surface area contributed by atoms with Crippen LogP contribution in [0.25, 0.3) is 0 Å². The van der Waals surface area contributed by atoms with E-state index in [1.54, 1.807) is 12.1 Å². The zero-order valence-electron chi connectivity index (χ0n) is 13.1. The van der Waals surface area contributed by atoms with E-state index in [-0.39, 0.29) is 10.8 Å². The second-order valence-electron chi connectivity index (χ2n) is 5.63. The maximum absolute atomic E-state index is 11.8. The number of hydrogen-bond donors (Lipinski definition) is 3. The summed E-state index contributed by atoms with van der Waals surface area (Å²) in [5.74, 6) is 0.0460. The van der Waals surface area contributed by atoms with Gasteiger partial charge in [-0.2, -0.15) is 0 Å². The topological polar surface area (TPSA) is 105 Å². The van der Waals surface area contributed by atoms with Gasteiger partial charge in [0.1, 0.15) is 0 Å². The van der Waals surface area contributed by atoms with Crippen LogP contribution < -0.4 is 15.8 Å². The lowest BCUT2D eigenvalue weighted by atomic mass is 10.1. The molecule has 1 fully saturated rings. The molecule has 7 nitrogen and oxygen atoms in total. The SMILES string of the molecule is NS(=O)(=O)c1ccc(CCNC(=O)CCN2CCNCC2)cc1. The number of carbonyl (C=O) groups excluding carboxylic acids is 1. The normalized spacial score (nSPS) is 16.2. The number of piperazine rings is 1. The van der Waals surface area contributed by atoms with Gasteiger partial charge in [-0.05, 0) is 24.1 Å². The molecule has 0 spiro atoms. The lowest BCUT2D eigenvalue weighted by Crippen LogP contribution is -2.44. The third-order valence-corrected chi connectivity index (χ3v) is 4.78. The van der Waals surface area contributed by atoms with Crippen LogP contribution in [0.1, 0.15) is 12.0 Å². The average molecular weight is 340 g/mol. The molecule has 1 aromatic rings. The van der Waals surface area contributed by atoms with E-state index in [0.717, 1.165) is 38.3 Å². The number of hydrogen-bond acceptors (Lipinski definition) is 5. The Kier molecular flexibility index (Phi) is 6.52. The Hall–Kier alpha value is -1.48. The second kappa shape index (κ2) is 8.39. The molecule has 128 valence electrons. The third-order valence-electron chi connectivity index (χ3n) is 3.85. The highest BCUT2D eigenvalue weighted by atomic mass is 32.2. The smallest absolute Gasteiger partial charge is 0.238 e. The van der Waals surface area contributed by atoms with E-state index in [1.807, 2.05) is 0 Å². The molecule has 1 saturated heterocycles. The summed E-state index contributed by atoms with van der Waals surface area (Å²) in [6.07, 6.45) is 1.16. The Morgan fingerprint density at radius 3 is 2.48 bits per heavy atom. The van der Waals surface area contributed by atoms with E-state index in [9.17, 15) is 13.2 Å². The molecule has 23 heavy (non-hydrogen) atoms. The number of nitrogens with one attached hydrogen (secondary N) is 2. The standard InChI is InChI=1S/C15H24N4O3S/c16-23(21,22)14-3-1-13(2-4-14)5-7-18-15(20)6-10-19-11-8-17-9-12-19/h1-4,17H,5-12H2,(H,18,20)(H2,16,21,22). The first-order chi connectivity index (χ1) is 10.9. The van der Waals surface area contributed by atoms with E-state index < -0.39 is 10.0 Å². The molecule has 0 aliphatic carbocycles. The van der Waals surface area contributed by atoms with E-state index in [1.165, 1.54) is 12.1 Å². The van der Waals surface area contributed by atoms with Crippen LogP contribution in [0.15, 0.2) is 29.2 Å². The summed E-state index contributed by atoms with van der Waals surface area (Å²) in [5, 5.41) is 11.2. The van der Waals surface area contributed by atoms with Gasteiger partial charge in [0.25, 0.3) is 0 Å². The number of nitrogens with two attached hydrogens (primary N) is 1. The molecule has 1 amide bonds. The van der Waals surface area contributed by atoms with Crippen molar-refractivity contribution in [3.63, 3.8) is 0 Å². The van der Waals surface area contributed by atoms with Crippen LogP contribution in [0, 0.1) is 0 Å². The van der Waals surface area contributed by atoms with Gasteiger partial charge in [0, 0.05) is 45.7 Å². The highest BCUT2D eigenvalue weighted by molar-refractivity contribution is 7.89. The van der Waals surface area contributed by atoms with Crippen LogP contribution in [0.4, 0.5) is 0 Å². The van der Waals surface area contributed by atoms with E-state index in [2.05, 4.69) is 15.5 Å². The minimum absolute atomic E-state index is 0.0460. The fourth-order valence-corrected chi connectivity index (χ4v) is 2.99. The van der Waals surface area contributed by atoms with Crippen molar-refractivity contribution < 1.29 is 13.2 Å². The largest absolute Gasteiger partial charge is 0.356 e. The molecule has 8 heteroatoms. The molecule has 1 aromatic carbocycles. The maximum atomic E-state index is 11.8. The van der Waals surface area contributed by atoms with E-state index in [4.69, 9.17) is 5.14 Å².